The van der Waals surface area contributed by atoms with E-state index in [0.717, 1.165) is 11.4 Å². The number of rotatable bonds is 4. The zero-order valence-electron chi connectivity index (χ0n) is 9.47. The molecule has 0 unspecified atom stereocenters. The zero-order valence-corrected chi connectivity index (χ0v) is 9.47. The van der Waals surface area contributed by atoms with Gasteiger partial charge >= 0.3 is 0 Å². The molecule has 15 heavy (non-hydrogen) atoms. The summed E-state index contributed by atoms with van der Waals surface area (Å²) < 4.78 is 5.19. The molecule has 80 valence electrons. The SMILES string of the molecule is C/C=C\N(/C=C\C)c1cccc(OC)c1. The van der Waals surface area contributed by atoms with Gasteiger partial charge in [0.25, 0.3) is 0 Å². The van der Waals surface area contributed by atoms with Gasteiger partial charge in [-0.2, -0.15) is 0 Å². The molecule has 2 heteroatoms. The molecular weight excluding hydrogens is 186 g/mol. The minimum Gasteiger partial charge on any atom is -0.497 e. The first-order chi connectivity index (χ1) is 7.31. The topological polar surface area (TPSA) is 12.5 Å². The Morgan fingerprint density at radius 1 is 1.13 bits per heavy atom. The minimum absolute atomic E-state index is 0.867. The van der Waals surface area contributed by atoms with Gasteiger partial charge in [0.05, 0.1) is 7.11 Å². The maximum atomic E-state index is 5.19. The van der Waals surface area contributed by atoms with E-state index < -0.39 is 0 Å². The van der Waals surface area contributed by atoms with Crippen LogP contribution in [0.15, 0.2) is 48.8 Å². The fourth-order valence-corrected chi connectivity index (χ4v) is 1.31. The van der Waals surface area contributed by atoms with Crippen LogP contribution in [0, 0.1) is 0 Å². The first kappa shape index (κ1) is 11.4. The van der Waals surface area contributed by atoms with E-state index in [1.54, 1.807) is 7.11 Å². The van der Waals surface area contributed by atoms with Crippen molar-refractivity contribution in [3.63, 3.8) is 0 Å². The lowest BCUT2D eigenvalue weighted by molar-refractivity contribution is 0.415. The molecule has 0 N–H and O–H groups in total. The maximum Gasteiger partial charge on any atom is 0.120 e. The molecule has 0 atom stereocenters. The highest BCUT2D eigenvalue weighted by Gasteiger charge is 1.99. The number of hydrogen-bond acceptors (Lipinski definition) is 2. The smallest absolute Gasteiger partial charge is 0.120 e. The monoisotopic (exact) mass is 203 g/mol. The lowest BCUT2D eigenvalue weighted by atomic mass is 10.3. The van der Waals surface area contributed by atoms with Crippen molar-refractivity contribution < 1.29 is 4.74 Å². The Labute approximate surface area is 91.5 Å². The Hall–Kier alpha value is -1.70. The third-order valence-corrected chi connectivity index (χ3v) is 1.97. The molecule has 0 aliphatic carbocycles. The zero-order chi connectivity index (χ0) is 11.1. The van der Waals surface area contributed by atoms with Crippen molar-refractivity contribution in [2.24, 2.45) is 0 Å². The number of allylic oxidation sites excluding steroid dienone is 2. The third-order valence-electron chi connectivity index (χ3n) is 1.97. The van der Waals surface area contributed by atoms with Crippen molar-refractivity contribution in [2.75, 3.05) is 12.0 Å². The quantitative estimate of drug-likeness (QED) is 0.741. The molecule has 0 aliphatic rings. The average Bonchev–Trinajstić information content (AvgIpc) is 2.29. The normalized spacial score (nSPS) is 11.1. The van der Waals surface area contributed by atoms with Gasteiger partial charge in [-0.1, -0.05) is 18.2 Å². The summed E-state index contributed by atoms with van der Waals surface area (Å²) in [5.74, 6) is 0.867. The van der Waals surface area contributed by atoms with Crippen LogP contribution in [0.3, 0.4) is 0 Å². The second kappa shape index (κ2) is 5.91. The molecule has 0 bridgehead atoms. The summed E-state index contributed by atoms with van der Waals surface area (Å²) in [6.07, 6.45) is 8.02. The van der Waals surface area contributed by atoms with Crippen molar-refractivity contribution in [3.8, 4) is 5.75 Å². The van der Waals surface area contributed by atoms with Crippen LogP contribution < -0.4 is 9.64 Å². The predicted molar refractivity (Wildman–Crippen MR) is 65.1 cm³/mol. The van der Waals surface area contributed by atoms with Crippen LogP contribution in [-0.2, 0) is 0 Å². The Balaban J connectivity index is 2.99. The molecule has 0 amide bonds. The largest absolute Gasteiger partial charge is 0.497 e. The number of benzene rings is 1. The molecule has 0 fully saturated rings. The highest BCUT2D eigenvalue weighted by molar-refractivity contribution is 5.55. The van der Waals surface area contributed by atoms with Crippen LogP contribution in [-0.4, -0.2) is 7.11 Å². The summed E-state index contributed by atoms with van der Waals surface area (Å²) in [6, 6.07) is 7.96. The molecule has 1 rings (SSSR count). The van der Waals surface area contributed by atoms with Crippen molar-refractivity contribution in [3.05, 3.63) is 48.8 Å². The van der Waals surface area contributed by atoms with Gasteiger partial charge in [0.1, 0.15) is 5.75 Å². The van der Waals surface area contributed by atoms with Crippen LogP contribution in [0.1, 0.15) is 13.8 Å². The highest BCUT2D eigenvalue weighted by atomic mass is 16.5. The third kappa shape index (κ3) is 3.17. The molecule has 1 aromatic rings. The Kier molecular flexibility index (Phi) is 4.48. The van der Waals surface area contributed by atoms with E-state index in [1.165, 1.54) is 0 Å². The average molecular weight is 203 g/mol. The molecule has 0 aliphatic heterocycles. The van der Waals surface area contributed by atoms with Crippen LogP contribution in [0.2, 0.25) is 0 Å². The van der Waals surface area contributed by atoms with E-state index in [9.17, 15) is 0 Å². The summed E-state index contributed by atoms with van der Waals surface area (Å²) in [4.78, 5) is 2.04. The Morgan fingerprint density at radius 3 is 2.33 bits per heavy atom. The first-order valence-corrected chi connectivity index (χ1v) is 5.00. The molecule has 0 heterocycles. The van der Waals surface area contributed by atoms with E-state index in [2.05, 4.69) is 0 Å². The van der Waals surface area contributed by atoms with E-state index in [4.69, 9.17) is 4.74 Å². The van der Waals surface area contributed by atoms with E-state index in [-0.39, 0.29) is 0 Å². The van der Waals surface area contributed by atoms with Crippen LogP contribution in [0.25, 0.3) is 0 Å². The molecule has 1 aromatic carbocycles. The summed E-state index contributed by atoms with van der Waals surface area (Å²) in [7, 11) is 1.68. The fourth-order valence-electron chi connectivity index (χ4n) is 1.31. The van der Waals surface area contributed by atoms with Gasteiger partial charge in [-0.15, -0.1) is 0 Å². The number of nitrogens with zero attached hydrogens (tertiary/aromatic N) is 1. The summed E-state index contributed by atoms with van der Waals surface area (Å²) in [5.41, 5.74) is 1.09. The molecular formula is C13H17NO. The molecule has 0 radical (unpaired) electrons. The molecule has 0 aromatic heterocycles. The van der Waals surface area contributed by atoms with Crippen molar-refractivity contribution in [1.82, 2.24) is 0 Å². The van der Waals surface area contributed by atoms with Gasteiger partial charge in [0, 0.05) is 24.2 Å². The maximum absolute atomic E-state index is 5.19. The molecule has 2 nitrogen and oxygen atoms in total. The standard InChI is InChI=1S/C13H17NO/c1-4-9-14(10-5-2)12-7-6-8-13(11-12)15-3/h4-11H,1-3H3/b9-4-,10-5-. The van der Waals surface area contributed by atoms with Crippen LogP contribution in [0.4, 0.5) is 5.69 Å². The van der Waals surface area contributed by atoms with Gasteiger partial charge in [0.15, 0.2) is 0 Å². The first-order valence-electron chi connectivity index (χ1n) is 5.00. The molecule has 0 spiro atoms. The van der Waals surface area contributed by atoms with Gasteiger partial charge in [0.2, 0.25) is 0 Å². The summed E-state index contributed by atoms with van der Waals surface area (Å²) in [5, 5.41) is 0. The second-order valence-electron chi connectivity index (χ2n) is 3.07. The molecule has 0 saturated heterocycles. The summed E-state index contributed by atoms with van der Waals surface area (Å²) >= 11 is 0. The Morgan fingerprint density at radius 2 is 1.80 bits per heavy atom. The summed E-state index contributed by atoms with van der Waals surface area (Å²) in [6.45, 7) is 3.99. The van der Waals surface area contributed by atoms with Crippen molar-refractivity contribution >= 4 is 5.69 Å². The second-order valence-corrected chi connectivity index (χ2v) is 3.07. The lowest BCUT2D eigenvalue weighted by Crippen LogP contribution is -2.06. The van der Waals surface area contributed by atoms with E-state index in [1.807, 2.05) is 67.6 Å². The van der Waals surface area contributed by atoms with Gasteiger partial charge in [-0.3, -0.25) is 0 Å². The van der Waals surface area contributed by atoms with Gasteiger partial charge in [-0.05, 0) is 26.0 Å². The predicted octanol–water partition coefficient (Wildman–Crippen LogP) is 3.57. The Bertz CT molecular complexity index is 343. The van der Waals surface area contributed by atoms with Crippen LogP contribution in [0.5, 0.6) is 5.75 Å². The number of hydrogen-bond donors (Lipinski definition) is 0. The highest BCUT2D eigenvalue weighted by Crippen LogP contribution is 2.21. The number of ether oxygens (including phenoxy) is 1. The van der Waals surface area contributed by atoms with Gasteiger partial charge in [-0.25, -0.2) is 0 Å². The van der Waals surface area contributed by atoms with Crippen molar-refractivity contribution in [1.29, 1.82) is 0 Å². The number of anilines is 1. The lowest BCUT2D eigenvalue weighted by Gasteiger charge is -2.16. The van der Waals surface area contributed by atoms with E-state index in [0.29, 0.717) is 0 Å². The fraction of sp³-hybridized carbons (Fsp3) is 0.231. The van der Waals surface area contributed by atoms with Crippen LogP contribution >= 0.6 is 0 Å². The number of methoxy groups -OCH3 is 1. The van der Waals surface area contributed by atoms with Gasteiger partial charge < -0.3 is 9.64 Å². The van der Waals surface area contributed by atoms with Crippen molar-refractivity contribution in [2.45, 2.75) is 13.8 Å². The van der Waals surface area contributed by atoms with E-state index >= 15 is 0 Å². The molecule has 0 saturated carbocycles. The minimum atomic E-state index is 0.867.